The fraction of sp³-hybridized carbons (Fsp3) is 0.130. The molecule has 0 aliphatic heterocycles. The molecule has 3 rings (SSSR count). The number of nitrogens with one attached hydrogen (secondary N) is 1. The van der Waals surface area contributed by atoms with Crippen LogP contribution in [0.4, 0.5) is 11.4 Å². The number of hydrogen-bond acceptors (Lipinski definition) is 4. The number of amides is 1. The first-order chi connectivity index (χ1) is 14.5. The Morgan fingerprint density at radius 2 is 1.67 bits per heavy atom. The number of benzene rings is 3. The number of rotatable bonds is 8. The molecule has 0 radical (unpaired) electrons. The summed E-state index contributed by atoms with van der Waals surface area (Å²) in [7, 11) is 0. The summed E-state index contributed by atoms with van der Waals surface area (Å²) in [4.78, 5) is 16.6. The van der Waals surface area contributed by atoms with E-state index in [1.165, 1.54) is 0 Å². The second-order valence-corrected chi connectivity index (χ2v) is 7.91. The predicted molar refractivity (Wildman–Crippen MR) is 127 cm³/mol. The molecule has 5 nitrogen and oxygen atoms in total. The summed E-state index contributed by atoms with van der Waals surface area (Å²) in [5.41, 5.74) is 2.43. The normalized spacial score (nSPS) is 10.8. The number of hydrogen-bond donors (Lipinski definition) is 1. The minimum atomic E-state index is -0.235. The van der Waals surface area contributed by atoms with Gasteiger partial charge in [0.05, 0.1) is 21.2 Å². The van der Waals surface area contributed by atoms with Crippen molar-refractivity contribution in [3.8, 4) is 11.5 Å². The Kier molecular flexibility index (Phi) is 8.04. The molecule has 0 spiro atoms. The third kappa shape index (κ3) is 6.43. The molecule has 3 aromatic rings. The maximum absolute atomic E-state index is 12.1. The molecule has 0 bridgehead atoms. The van der Waals surface area contributed by atoms with Crippen molar-refractivity contribution in [2.75, 3.05) is 18.5 Å². The number of anilines is 1. The fourth-order valence-electron chi connectivity index (χ4n) is 2.59. The van der Waals surface area contributed by atoms with Crippen LogP contribution in [0.5, 0.6) is 11.5 Å². The van der Waals surface area contributed by atoms with Gasteiger partial charge < -0.3 is 14.8 Å². The van der Waals surface area contributed by atoms with E-state index in [2.05, 4.69) is 42.2 Å². The van der Waals surface area contributed by atoms with Gasteiger partial charge in [-0.15, -0.1) is 0 Å². The molecule has 0 aliphatic rings. The lowest BCUT2D eigenvalue weighted by Gasteiger charge is -2.11. The highest BCUT2D eigenvalue weighted by atomic mass is 79.9. The van der Waals surface area contributed by atoms with E-state index in [1.54, 1.807) is 6.21 Å². The van der Waals surface area contributed by atoms with Crippen LogP contribution in [0.15, 0.2) is 80.7 Å². The molecule has 1 amide bonds. The van der Waals surface area contributed by atoms with Gasteiger partial charge in [-0.05, 0) is 92.9 Å². The van der Waals surface area contributed by atoms with Crippen molar-refractivity contribution in [2.45, 2.75) is 6.92 Å². The van der Waals surface area contributed by atoms with Crippen LogP contribution in [-0.4, -0.2) is 25.3 Å². The first-order valence-electron chi connectivity index (χ1n) is 9.29. The van der Waals surface area contributed by atoms with Gasteiger partial charge in [-0.2, -0.15) is 0 Å². The largest absolute Gasteiger partial charge is 0.494 e. The highest BCUT2D eigenvalue weighted by Crippen LogP contribution is 2.34. The van der Waals surface area contributed by atoms with E-state index < -0.39 is 0 Å². The van der Waals surface area contributed by atoms with E-state index >= 15 is 0 Å². The molecule has 0 saturated heterocycles. The molecule has 0 aliphatic carbocycles. The summed E-state index contributed by atoms with van der Waals surface area (Å²) >= 11 is 7.01. The molecule has 154 valence electrons. The summed E-state index contributed by atoms with van der Waals surface area (Å²) in [6.45, 7) is 2.48. The van der Waals surface area contributed by atoms with E-state index in [4.69, 9.17) is 9.47 Å². The van der Waals surface area contributed by atoms with Gasteiger partial charge in [-0.3, -0.25) is 9.79 Å². The lowest BCUT2D eigenvalue weighted by Crippen LogP contribution is -2.20. The zero-order valence-corrected chi connectivity index (χ0v) is 19.4. The van der Waals surface area contributed by atoms with Crippen LogP contribution in [0.3, 0.4) is 0 Å². The third-order valence-electron chi connectivity index (χ3n) is 3.94. The Hall–Kier alpha value is -2.64. The Balaban J connectivity index is 1.62. The first-order valence-corrected chi connectivity index (χ1v) is 10.9. The molecule has 0 fully saturated rings. The van der Waals surface area contributed by atoms with Crippen molar-refractivity contribution in [1.82, 2.24) is 0 Å². The number of carbonyl (C=O) groups is 1. The van der Waals surface area contributed by atoms with Gasteiger partial charge in [0.1, 0.15) is 11.5 Å². The van der Waals surface area contributed by atoms with Crippen molar-refractivity contribution < 1.29 is 14.3 Å². The average Bonchev–Trinajstić information content (AvgIpc) is 2.73. The number of carbonyl (C=O) groups excluding carboxylic acids is 1. The van der Waals surface area contributed by atoms with Crippen molar-refractivity contribution in [2.24, 2.45) is 4.99 Å². The smallest absolute Gasteiger partial charge is 0.262 e. The van der Waals surface area contributed by atoms with Gasteiger partial charge in [-0.25, -0.2) is 0 Å². The average molecular weight is 532 g/mol. The summed E-state index contributed by atoms with van der Waals surface area (Å²) < 4.78 is 12.6. The molecule has 0 unspecified atom stereocenters. The third-order valence-corrected chi connectivity index (χ3v) is 5.11. The predicted octanol–water partition coefficient (Wildman–Crippen LogP) is 6.38. The van der Waals surface area contributed by atoms with E-state index in [-0.39, 0.29) is 12.5 Å². The molecule has 0 atom stereocenters. The van der Waals surface area contributed by atoms with E-state index in [9.17, 15) is 4.79 Å². The van der Waals surface area contributed by atoms with Gasteiger partial charge in [0.15, 0.2) is 6.61 Å². The molecule has 30 heavy (non-hydrogen) atoms. The van der Waals surface area contributed by atoms with Crippen LogP contribution in [0.2, 0.25) is 0 Å². The van der Waals surface area contributed by atoms with Gasteiger partial charge in [0.25, 0.3) is 5.91 Å². The molecular formula is C23H20Br2N2O3. The monoisotopic (exact) mass is 530 g/mol. The van der Waals surface area contributed by atoms with Gasteiger partial charge >= 0.3 is 0 Å². The summed E-state index contributed by atoms with van der Waals surface area (Å²) in [5, 5.41) is 2.79. The maximum Gasteiger partial charge on any atom is 0.262 e. The summed E-state index contributed by atoms with van der Waals surface area (Å²) in [5.74, 6) is 1.14. The Morgan fingerprint density at radius 3 is 2.30 bits per heavy atom. The number of nitrogens with zero attached hydrogens (tertiary/aromatic N) is 1. The standard InChI is InChI=1S/C23H20Br2N2O3/c1-2-29-19-10-8-17(9-11-19)26-14-16-12-20(24)23(21(25)13-16)30-15-22(28)27-18-6-4-3-5-7-18/h3-14H,2,15H2,1H3,(H,27,28). The molecule has 0 saturated carbocycles. The topological polar surface area (TPSA) is 59.9 Å². The highest BCUT2D eigenvalue weighted by Gasteiger charge is 2.11. The zero-order valence-electron chi connectivity index (χ0n) is 16.3. The second-order valence-electron chi connectivity index (χ2n) is 6.20. The van der Waals surface area contributed by atoms with Crippen molar-refractivity contribution in [3.05, 3.63) is 81.2 Å². The molecule has 3 aromatic carbocycles. The number of para-hydroxylation sites is 1. The summed E-state index contributed by atoms with van der Waals surface area (Å²) in [6, 6.07) is 20.6. The first kappa shape index (κ1) is 22.1. The fourth-order valence-corrected chi connectivity index (χ4v) is 4.04. The Morgan fingerprint density at radius 1 is 1.00 bits per heavy atom. The zero-order chi connectivity index (χ0) is 21.3. The van der Waals surface area contributed by atoms with Crippen LogP contribution in [0, 0.1) is 0 Å². The molecule has 0 aromatic heterocycles. The second kappa shape index (κ2) is 10.9. The highest BCUT2D eigenvalue weighted by molar-refractivity contribution is 9.11. The van der Waals surface area contributed by atoms with Crippen LogP contribution in [-0.2, 0) is 4.79 Å². The van der Waals surface area contributed by atoms with Gasteiger partial charge in [0.2, 0.25) is 0 Å². The number of aliphatic imine (C=N–C) groups is 1. The molecule has 7 heteroatoms. The Bertz CT molecular complexity index is 999. The van der Waals surface area contributed by atoms with E-state index in [0.717, 1.165) is 31.6 Å². The molecule has 0 heterocycles. The van der Waals surface area contributed by atoms with Gasteiger partial charge in [0, 0.05) is 11.9 Å². The number of halogens is 2. The number of ether oxygens (including phenoxy) is 2. The van der Waals surface area contributed by atoms with Crippen LogP contribution in [0.1, 0.15) is 12.5 Å². The lowest BCUT2D eigenvalue weighted by molar-refractivity contribution is -0.118. The SMILES string of the molecule is CCOc1ccc(N=Cc2cc(Br)c(OCC(=O)Nc3ccccc3)c(Br)c2)cc1. The maximum atomic E-state index is 12.1. The van der Waals surface area contributed by atoms with Crippen molar-refractivity contribution >= 4 is 55.4 Å². The summed E-state index contributed by atoms with van der Waals surface area (Å²) in [6.07, 6.45) is 1.76. The molecule has 1 N–H and O–H groups in total. The van der Waals surface area contributed by atoms with Crippen LogP contribution in [0.25, 0.3) is 0 Å². The van der Waals surface area contributed by atoms with Crippen LogP contribution < -0.4 is 14.8 Å². The molecular weight excluding hydrogens is 512 g/mol. The quantitative estimate of drug-likeness (QED) is 0.343. The van der Waals surface area contributed by atoms with Crippen molar-refractivity contribution in [3.63, 3.8) is 0 Å². The van der Waals surface area contributed by atoms with Crippen molar-refractivity contribution in [1.29, 1.82) is 0 Å². The minimum Gasteiger partial charge on any atom is -0.494 e. The lowest BCUT2D eigenvalue weighted by atomic mass is 10.2. The minimum absolute atomic E-state index is 0.105. The van der Waals surface area contributed by atoms with E-state index in [1.807, 2.05) is 73.7 Å². The Labute approximate surface area is 192 Å². The van der Waals surface area contributed by atoms with E-state index in [0.29, 0.717) is 12.4 Å². The van der Waals surface area contributed by atoms with Crippen LogP contribution >= 0.6 is 31.9 Å². The van der Waals surface area contributed by atoms with Gasteiger partial charge in [-0.1, -0.05) is 18.2 Å².